The van der Waals surface area contributed by atoms with Gasteiger partial charge in [0.2, 0.25) is 0 Å². The second-order valence-corrected chi connectivity index (χ2v) is 4.98. The Morgan fingerprint density at radius 2 is 2.05 bits per heavy atom. The first kappa shape index (κ1) is 14.9. The molecule has 1 aromatic rings. The summed E-state index contributed by atoms with van der Waals surface area (Å²) in [5, 5.41) is 19.6. The summed E-state index contributed by atoms with van der Waals surface area (Å²) in [7, 11) is 0. The van der Waals surface area contributed by atoms with Crippen LogP contribution in [0.5, 0.6) is 0 Å². The van der Waals surface area contributed by atoms with Crippen molar-refractivity contribution < 1.29 is 9.72 Å². The van der Waals surface area contributed by atoms with Crippen molar-refractivity contribution in [2.24, 2.45) is 0 Å². The molecule has 2 rings (SSSR count). The number of carbonyl (C=O) groups excluding carboxylic acids is 1. The van der Waals surface area contributed by atoms with E-state index in [1.807, 2.05) is 4.90 Å². The van der Waals surface area contributed by atoms with Gasteiger partial charge < -0.3 is 4.90 Å². The summed E-state index contributed by atoms with van der Waals surface area (Å²) in [5.41, 5.74) is 0.834. The van der Waals surface area contributed by atoms with E-state index in [9.17, 15) is 14.9 Å². The van der Waals surface area contributed by atoms with Crippen molar-refractivity contribution >= 4 is 11.6 Å². The normalized spacial score (nSPS) is 15.5. The molecule has 0 radical (unpaired) electrons. The fraction of sp³-hybridized carbons (Fsp3) is 0.429. The summed E-state index contributed by atoms with van der Waals surface area (Å²) >= 11 is 0. The number of hydrogen-bond acceptors (Lipinski definition) is 5. The summed E-state index contributed by atoms with van der Waals surface area (Å²) in [4.78, 5) is 26.5. The first-order chi connectivity index (χ1) is 10.0. The van der Waals surface area contributed by atoms with Crippen LogP contribution in [0, 0.1) is 28.4 Å². The van der Waals surface area contributed by atoms with Crippen molar-refractivity contribution in [1.82, 2.24) is 9.80 Å². The van der Waals surface area contributed by atoms with E-state index in [4.69, 9.17) is 5.26 Å². The summed E-state index contributed by atoms with van der Waals surface area (Å²) in [6.07, 6.45) is 0. The van der Waals surface area contributed by atoms with Crippen molar-refractivity contribution in [2.45, 2.75) is 6.92 Å². The van der Waals surface area contributed by atoms with Gasteiger partial charge in [-0.1, -0.05) is 6.07 Å². The lowest BCUT2D eigenvalue weighted by Crippen LogP contribution is -2.48. The van der Waals surface area contributed by atoms with Gasteiger partial charge in [0.15, 0.2) is 0 Å². The molecular formula is C14H16N4O3. The minimum Gasteiger partial charge on any atom is -0.336 e. The molecule has 7 nitrogen and oxygen atoms in total. The molecule has 1 heterocycles. The van der Waals surface area contributed by atoms with Crippen molar-refractivity contribution in [3.05, 3.63) is 39.4 Å². The van der Waals surface area contributed by atoms with E-state index in [1.54, 1.807) is 24.0 Å². The van der Waals surface area contributed by atoms with Crippen molar-refractivity contribution in [2.75, 3.05) is 32.7 Å². The number of benzene rings is 1. The topological polar surface area (TPSA) is 90.5 Å². The first-order valence-electron chi connectivity index (χ1n) is 6.66. The number of rotatable bonds is 3. The van der Waals surface area contributed by atoms with Crippen LogP contribution in [0.25, 0.3) is 0 Å². The van der Waals surface area contributed by atoms with Crippen LogP contribution in [0.4, 0.5) is 5.69 Å². The lowest BCUT2D eigenvalue weighted by molar-refractivity contribution is -0.385. The highest BCUT2D eigenvalue weighted by Gasteiger charge is 2.23. The molecule has 0 aliphatic carbocycles. The van der Waals surface area contributed by atoms with Gasteiger partial charge in [-0.25, -0.2) is 0 Å². The molecule has 0 spiro atoms. The van der Waals surface area contributed by atoms with E-state index in [0.717, 1.165) is 0 Å². The van der Waals surface area contributed by atoms with E-state index < -0.39 is 4.92 Å². The Morgan fingerprint density at radius 1 is 1.38 bits per heavy atom. The second-order valence-electron chi connectivity index (χ2n) is 4.98. The van der Waals surface area contributed by atoms with E-state index in [-0.39, 0.29) is 11.6 Å². The third-order valence-electron chi connectivity index (χ3n) is 3.61. The number of nitro benzene ring substituents is 1. The van der Waals surface area contributed by atoms with E-state index in [2.05, 4.69) is 6.07 Å². The van der Waals surface area contributed by atoms with Crippen LogP contribution < -0.4 is 0 Å². The van der Waals surface area contributed by atoms with Gasteiger partial charge in [-0.2, -0.15) is 5.26 Å². The molecule has 7 heteroatoms. The van der Waals surface area contributed by atoms with Crippen LogP contribution in [0.1, 0.15) is 15.9 Å². The van der Waals surface area contributed by atoms with Gasteiger partial charge in [0.1, 0.15) is 0 Å². The van der Waals surface area contributed by atoms with Crippen LogP contribution >= 0.6 is 0 Å². The molecule has 1 aromatic carbocycles. The Bertz CT molecular complexity index is 601. The minimum absolute atomic E-state index is 0.0380. The number of aryl methyl sites for hydroxylation is 1. The van der Waals surface area contributed by atoms with Crippen molar-refractivity contribution in [3.8, 4) is 6.07 Å². The molecule has 0 unspecified atom stereocenters. The predicted molar refractivity (Wildman–Crippen MR) is 75.8 cm³/mol. The summed E-state index contributed by atoms with van der Waals surface area (Å²) < 4.78 is 0. The standard InChI is InChI=1S/C14H16N4O3/c1-11-2-3-12(10-13(11)18(20)21)14(19)17-8-6-16(5-4-15)7-9-17/h2-3,10H,5-9H2,1H3. The van der Waals surface area contributed by atoms with E-state index in [0.29, 0.717) is 43.9 Å². The molecule has 0 saturated carbocycles. The highest BCUT2D eigenvalue weighted by Crippen LogP contribution is 2.20. The zero-order chi connectivity index (χ0) is 15.4. The Balaban J connectivity index is 2.09. The molecule has 0 N–H and O–H groups in total. The van der Waals surface area contributed by atoms with Gasteiger partial charge in [-0.15, -0.1) is 0 Å². The van der Waals surface area contributed by atoms with Crippen molar-refractivity contribution in [1.29, 1.82) is 5.26 Å². The number of carbonyl (C=O) groups is 1. The molecule has 1 amide bonds. The maximum absolute atomic E-state index is 12.4. The Kier molecular flexibility index (Phi) is 4.50. The largest absolute Gasteiger partial charge is 0.336 e. The van der Waals surface area contributed by atoms with Crippen LogP contribution in [0.15, 0.2) is 18.2 Å². The fourth-order valence-corrected chi connectivity index (χ4v) is 2.33. The predicted octanol–water partition coefficient (Wildman–Crippen LogP) is 1.18. The van der Waals surface area contributed by atoms with Gasteiger partial charge in [-0.3, -0.25) is 19.8 Å². The van der Waals surface area contributed by atoms with E-state index >= 15 is 0 Å². The van der Waals surface area contributed by atoms with Gasteiger partial charge in [0, 0.05) is 43.4 Å². The van der Waals surface area contributed by atoms with Crippen molar-refractivity contribution in [3.63, 3.8) is 0 Å². The quantitative estimate of drug-likeness (QED) is 0.473. The van der Waals surface area contributed by atoms with Gasteiger partial charge in [0.05, 0.1) is 17.5 Å². The van der Waals surface area contributed by atoms with E-state index in [1.165, 1.54) is 6.07 Å². The lowest BCUT2D eigenvalue weighted by atomic mass is 10.1. The zero-order valence-corrected chi connectivity index (χ0v) is 11.8. The lowest BCUT2D eigenvalue weighted by Gasteiger charge is -2.33. The first-order valence-corrected chi connectivity index (χ1v) is 6.66. The molecule has 1 aliphatic rings. The Hall–Kier alpha value is -2.46. The molecule has 0 bridgehead atoms. The third-order valence-corrected chi connectivity index (χ3v) is 3.61. The number of piperazine rings is 1. The van der Waals surface area contributed by atoms with Crippen LogP contribution in [0.2, 0.25) is 0 Å². The molecule has 1 saturated heterocycles. The average molecular weight is 288 g/mol. The van der Waals surface area contributed by atoms with Gasteiger partial charge in [-0.05, 0) is 13.0 Å². The highest BCUT2D eigenvalue weighted by molar-refractivity contribution is 5.95. The molecule has 1 fully saturated rings. The van der Waals surface area contributed by atoms with Gasteiger partial charge in [0.25, 0.3) is 11.6 Å². The summed E-state index contributed by atoms with van der Waals surface area (Å²) in [6.45, 7) is 4.36. The second kappa shape index (κ2) is 6.33. The molecule has 110 valence electrons. The molecule has 0 atom stereocenters. The maximum Gasteiger partial charge on any atom is 0.273 e. The summed E-state index contributed by atoms with van der Waals surface area (Å²) in [5.74, 6) is -0.199. The Morgan fingerprint density at radius 3 is 2.62 bits per heavy atom. The zero-order valence-electron chi connectivity index (χ0n) is 11.8. The SMILES string of the molecule is Cc1ccc(C(=O)N2CCN(CC#N)CC2)cc1[N+](=O)[O-]. The molecular weight excluding hydrogens is 272 g/mol. The molecule has 0 aromatic heterocycles. The maximum atomic E-state index is 12.4. The highest BCUT2D eigenvalue weighted by atomic mass is 16.6. The van der Waals surface area contributed by atoms with Gasteiger partial charge >= 0.3 is 0 Å². The fourth-order valence-electron chi connectivity index (χ4n) is 2.33. The molecule has 21 heavy (non-hydrogen) atoms. The van der Waals surface area contributed by atoms with Crippen LogP contribution in [0.3, 0.4) is 0 Å². The van der Waals surface area contributed by atoms with Crippen LogP contribution in [-0.4, -0.2) is 53.4 Å². The number of amides is 1. The monoisotopic (exact) mass is 288 g/mol. The van der Waals surface area contributed by atoms with Crippen LogP contribution in [-0.2, 0) is 0 Å². The number of nitro groups is 1. The number of nitriles is 1. The number of nitrogens with zero attached hydrogens (tertiary/aromatic N) is 4. The number of hydrogen-bond donors (Lipinski definition) is 0. The Labute approximate surface area is 122 Å². The third kappa shape index (κ3) is 3.35. The average Bonchev–Trinajstić information content (AvgIpc) is 2.48. The minimum atomic E-state index is -0.475. The molecule has 1 aliphatic heterocycles. The smallest absolute Gasteiger partial charge is 0.273 e. The summed E-state index contributed by atoms with van der Waals surface area (Å²) in [6, 6.07) is 6.63.